The predicted molar refractivity (Wildman–Crippen MR) is 118 cm³/mol. The summed E-state index contributed by atoms with van der Waals surface area (Å²) < 4.78 is 1.00. The number of nitrogens with one attached hydrogen (secondary N) is 1. The lowest BCUT2D eigenvalue weighted by molar-refractivity contribution is 1.29. The molecule has 1 aromatic heterocycles. The molecule has 0 aliphatic heterocycles. The van der Waals surface area contributed by atoms with E-state index >= 15 is 0 Å². The Morgan fingerprint density at radius 2 is 1.44 bits per heavy atom. The SMILES string of the molecule is Brc1ccccc1/C=N/Nc1nc(-c2ccccc2)c(-c2ccccc2)s1. The maximum Gasteiger partial charge on any atom is 0.204 e. The Morgan fingerprint density at radius 3 is 2.15 bits per heavy atom. The molecule has 0 aliphatic carbocycles. The molecule has 132 valence electrons. The smallest absolute Gasteiger partial charge is 0.204 e. The minimum Gasteiger partial charge on any atom is -0.253 e. The standard InChI is InChI=1S/C22H16BrN3S/c23-19-14-8-7-13-18(19)15-24-26-22-25-20(16-9-3-1-4-10-16)21(27-22)17-11-5-2-6-12-17/h1-15H,(H,25,26)/b24-15+. The summed E-state index contributed by atoms with van der Waals surface area (Å²) in [4.78, 5) is 5.92. The van der Waals surface area contributed by atoms with Crippen LogP contribution in [-0.4, -0.2) is 11.2 Å². The lowest BCUT2D eigenvalue weighted by Gasteiger charge is -2.02. The van der Waals surface area contributed by atoms with Gasteiger partial charge in [0, 0.05) is 15.6 Å². The summed E-state index contributed by atoms with van der Waals surface area (Å²) in [5.74, 6) is 0. The minimum absolute atomic E-state index is 0.760. The first-order chi connectivity index (χ1) is 13.3. The Hall–Kier alpha value is -2.76. The van der Waals surface area contributed by atoms with Gasteiger partial charge >= 0.3 is 0 Å². The Labute approximate surface area is 170 Å². The number of halogens is 1. The maximum atomic E-state index is 4.79. The number of thiazole rings is 1. The van der Waals surface area contributed by atoms with E-state index in [2.05, 4.69) is 50.7 Å². The van der Waals surface area contributed by atoms with Crippen LogP contribution >= 0.6 is 27.3 Å². The van der Waals surface area contributed by atoms with Crippen LogP contribution in [0, 0.1) is 0 Å². The molecule has 0 amide bonds. The largest absolute Gasteiger partial charge is 0.253 e. The lowest BCUT2D eigenvalue weighted by atomic mass is 10.1. The molecule has 0 saturated heterocycles. The van der Waals surface area contributed by atoms with Crippen molar-refractivity contribution in [2.75, 3.05) is 5.43 Å². The van der Waals surface area contributed by atoms with E-state index in [0.717, 1.165) is 36.9 Å². The second-order valence-electron chi connectivity index (χ2n) is 5.82. The molecule has 0 saturated carbocycles. The number of anilines is 1. The zero-order valence-corrected chi connectivity index (χ0v) is 16.7. The number of hydrogen-bond donors (Lipinski definition) is 1. The number of benzene rings is 3. The van der Waals surface area contributed by atoms with E-state index in [1.165, 1.54) is 0 Å². The van der Waals surface area contributed by atoms with E-state index in [-0.39, 0.29) is 0 Å². The van der Waals surface area contributed by atoms with Crippen molar-refractivity contribution in [3.8, 4) is 21.7 Å². The van der Waals surface area contributed by atoms with E-state index in [9.17, 15) is 0 Å². The van der Waals surface area contributed by atoms with E-state index < -0.39 is 0 Å². The molecule has 4 aromatic rings. The van der Waals surface area contributed by atoms with Crippen molar-refractivity contribution in [2.45, 2.75) is 0 Å². The van der Waals surface area contributed by atoms with Crippen LogP contribution in [0.1, 0.15) is 5.56 Å². The van der Waals surface area contributed by atoms with Gasteiger partial charge in [0.15, 0.2) is 0 Å². The van der Waals surface area contributed by atoms with Crippen molar-refractivity contribution in [1.29, 1.82) is 0 Å². The van der Waals surface area contributed by atoms with Crippen LogP contribution < -0.4 is 5.43 Å². The zero-order chi connectivity index (χ0) is 18.5. The highest BCUT2D eigenvalue weighted by Crippen LogP contribution is 2.38. The topological polar surface area (TPSA) is 37.3 Å². The lowest BCUT2D eigenvalue weighted by Crippen LogP contribution is -1.90. The van der Waals surface area contributed by atoms with Crippen molar-refractivity contribution >= 4 is 38.6 Å². The highest BCUT2D eigenvalue weighted by atomic mass is 79.9. The fourth-order valence-corrected chi connectivity index (χ4v) is 4.01. The van der Waals surface area contributed by atoms with Crippen LogP contribution in [0.2, 0.25) is 0 Å². The summed E-state index contributed by atoms with van der Waals surface area (Å²) in [6, 6.07) is 28.5. The quantitative estimate of drug-likeness (QED) is 0.281. The van der Waals surface area contributed by atoms with Gasteiger partial charge in [-0.15, -0.1) is 0 Å². The third-order valence-corrected chi connectivity index (χ3v) is 5.71. The predicted octanol–water partition coefficient (Wildman–Crippen LogP) is 6.69. The molecule has 3 aromatic carbocycles. The molecule has 0 spiro atoms. The van der Waals surface area contributed by atoms with Gasteiger partial charge in [0.25, 0.3) is 0 Å². The number of aromatic nitrogens is 1. The third-order valence-electron chi connectivity index (χ3n) is 3.98. The van der Waals surface area contributed by atoms with Crippen LogP contribution in [0.3, 0.4) is 0 Å². The van der Waals surface area contributed by atoms with Gasteiger partial charge in [0.2, 0.25) is 5.13 Å². The number of hydrogen-bond acceptors (Lipinski definition) is 4. The monoisotopic (exact) mass is 433 g/mol. The van der Waals surface area contributed by atoms with Gasteiger partial charge in [0.1, 0.15) is 0 Å². The normalized spacial score (nSPS) is 11.0. The maximum absolute atomic E-state index is 4.79. The average Bonchev–Trinajstić information content (AvgIpc) is 3.15. The minimum atomic E-state index is 0.760. The molecule has 0 bridgehead atoms. The third kappa shape index (κ3) is 4.15. The summed E-state index contributed by atoms with van der Waals surface area (Å²) in [5.41, 5.74) is 7.29. The first-order valence-electron chi connectivity index (χ1n) is 8.46. The van der Waals surface area contributed by atoms with Crippen molar-refractivity contribution in [3.05, 3.63) is 95.0 Å². The average molecular weight is 434 g/mol. The molecule has 27 heavy (non-hydrogen) atoms. The molecule has 0 fully saturated rings. The molecular weight excluding hydrogens is 418 g/mol. The zero-order valence-electron chi connectivity index (χ0n) is 14.3. The molecular formula is C22H16BrN3S. The van der Waals surface area contributed by atoms with Crippen LogP contribution in [-0.2, 0) is 0 Å². The van der Waals surface area contributed by atoms with E-state index in [1.54, 1.807) is 17.6 Å². The van der Waals surface area contributed by atoms with Crippen LogP contribution in [0.15, 0.2) is 94.5 Å². The molecule has 5 heteroatoms. The Kier molecular flexibility index (Phi) is 5.42. The van der Waals surface area contributed by atoms with E-state index in [1.807, 2.05) is 60.7 Å². The summed E-state index contributed by atoms with van der Waals surface area (Å²) >= 11 is 5.13. The molecule has 1 N–H and O–H groups in total. The highest BCUT2D eigenvalue weighted by Gasteiger charge is 2.14. The molecule has 0 aliphatic rings. The fraction of sp³-hybridized carbons (Fsp3) is 0. The number of hydrazone groups is 1. The Bertz CT molecular complexity index is 1000. The molecule has 4 rings (SSSR count). The van der Waals surface area contributed by atoms with Crippen molar-refractivity contribution in [1.82, 2.24) is 4.98 Å². The molecule has 0 radical (unpaired) electrons. The fourth-order valence-electron chi connectivity index (χ4n) is 2.68. The van der Waals surface area contributed by atoms with Gasteiger partial charge in [-0.05, 0) is 11.6 Å². The van der Waals surface area contributed by atoms with Gasteiger partial charge in [-0.1, -0.05) is 106 Å². The van der Waals surface area contributed by atoms with Crippen molar-refractivity contribution < 1.29 is 0 Å². The van der Waals surface area contributed by atoms with Crippen LogP contribution in [0.5, 0.6) is 0 Å². The van der Waals surface area contributed by atoms with Gasteiger partial charge in [-0.2, -0.15) is 5.10 Å². The molecule has 3 nitrogen and oxygen atoms in total. The van der Waals surface area contributed by atoms with Crippen molar-refractivity contribution in [3.63, 3.8) is 0 Å². The molecule has 0 unspecified atom stereocenters. The van der Waals surface area contributed by atoms with Gasteiger partial charge in [-0.25, -0.2) is 4.98 Å². The number of rotatable bonds is 5. The first kappa shape index (κ1) is 17.6. The van der Waals surface area contributed by atoms with Crippen LogP contribution in [0.25, 0.3) is 21.7 Å². The molecule has 0 atom stereocenters. The van der Waals surface area contributed by atoms with E-state index in [0.29, 0.717) is 0 Å². The summed E-state index contributed by atoms with van der Waals surface area (Å²) in [6.45, 7) is 0. The first-order valence-corrected chi connectivity index (χ1v) is 10.1. The summed E-state index contributed by atoms with van der Waals surface area (Å²) in [5, 5.41) is 5.12. The molecule has 1 heterocycles. The Morgan fingerprint density at radius 1 is 0.815 bits per heavy atom. The van der Waals surface area contributed by atoms with Gasteiger partial charge < -0.3 is 0 Å². The van der Waals surface area contributed by atoms with Crippen LogP contribution in [0.4, 0.5) is 5.13 Å². The second-order valence-corrected chi connectivity index (χ2v) is 7.67. The van der Waals surface area contributed by atoms with Gasteiger partial charge in [-0.3, -0.25) is 5.43 Å². The van der Waals surface area contributed by atoms with E-state index in [4.69, 9.17) is 4.98 Å². The summed E-state index contributed by atoms with van der Waals surface area (Å²) in [6.07, 6.45) is 1.79. The van der Waals surface area contributed by atoms with Crippen molar-refractivity contribution in [2.24, 2.45) is 5.10 Å². The highest BCUT2D eigenvalue weighted by molar-refractivity contribution is 9.10. The second kappa shape index (κ2) is 8.29. The Balaban J connectivity index is 1.66. The van der Waals surface area contributed by atoms with Gasteiger partial charge in [0.05, 0.1) is 16.8 Å². The number of nitrogens with zero attached hydrogens (tertiary/aromatic N) is 2. The summed E-state index contributed by atoms with van der Waals surface area (Å²) in [7, 11) is 0.